The standard InChI is InChI=1S/C18H18N4O3S/c1-21-8-7-13-14(10-21)26-18(19-13)20-17(25)11-3-2-4-12(9-11)22-15(23)5-6-16(22)24/h2-4,9H,5-8,10H2,1H3,(H,19,20,25). The van der Waals surface area contributed by atoms with Gasteiger partial charge in [-0.1, -0.05) is 6.07 Å². The fraction of sp³-hybridized carbons (Fsp3) is 0.333. The first-order valence-electron chi connectivity index (χ1n) is 8.45. The topological polar surface area (TPSA) is 82.6 Å². The SMILES string of the molecule is CN1CCc2nc(NC(=O)c3cccc(N4C(=O)CCC4=O)c3)sc2C1. The predicted molar refractivity (Wildman–Crippen MR) is 98.3 cm³/mol. The van der Waals surface area contributed by atoms with E-state index in [2.05, 4.69) is 22.2 Å². The molecule has 2 aliphatic rings. The number of hydrogen-bond acceptors (Lipinski definition) is 6. The van der Waals surface area contributed by atoms with E-state index in [1.54, 1.807) is 24.3 Å². The Hall–Kier alpha value is -2.58. The fourth-order valence-electron chi connectivity index (χ4n) is 3.20. The van der Waals surface area contributed by atoms with E-state index in [0.29, 0.717) is 16.4 Å². The molecule has 2 aliphatic heterocycles. The minimum atomic E-state index is -0.301. The van der Waals surface area contributed by atoms with E-state index >= 15 is 0 Å². The van der Waals surface area contributed by atoms with Gasteiger partial charge in [-0.25, -0.2) is 4.98 Å². The first-order chi connectivity index (χ1) is 12.5. The molecule has 0 atom stereocenters. The lowest BCUT2D eigenvalue weighted by Gasteiger charge is -2.20. The average Bonchev–Trinajstić information content (AvgIpc) is 3.16. The minimum absolute atomic E-state index is 0.217. The van der Waals surface area contributed by atoms with Gasteiger partial charge in [0.1, 0.15) is 0 Å². The van der Waals surface area contributed by atoms with Crippen LogP contribution < -0.4 is 10.2 Å². The van der Waals surface area contributed by atoms with Crippen molar-refractivity contribution in [2.24, 2.45) is 0 Å². The van der Waals surface area contributed by atoms with Crippen LogP contribution in [0, 0.1) is 0 Å². The van der Waals surface area contributed by atoms with E-state index < -0.39 is 0 Å². The molecular formula is C18H18N4O3S. The van der Waals surface area contributed by atoms with Crippen LogP contribution in [0.4, 0.5) is 10.8 Å². The van der Waals surface area contributed by atoms with E-state index in [-0.39, 0.29) is 30.6 Å². The number of imide groups is 1. The highest BCUT2D eigenvalue weighted by Gasteiger charge is 2.30. The summed E-state index contributed by atoms with van der Waals surface area (Å²) in [6.07, 6.45) is 1.32. The van der Waals surface area contributed by atoms with E-state index in [1.165, 1.54) is 16.2 Å². The molecule has 7 nitrogen and oxygen atoms in total. The summed E-state index contributed by atoms with van der Waals surface area (Å²) in [5.41, 5.74) is 1.87. The van der Waals surface area contributed by atoms with Crippen LogP contribution >= 0.6 is 11.3 Å². The molecule has 0 saturated carbocycles. The molecule has 26 heavy (non-hydrogen) atoms. The van der Waals surface area contributed by atoms with Crippen LogP contribution in [-0.2, 0) is 22.6 Å². The van der Waals surface area contributed by atoms with E-state index in [1.807, 2.05) is 0 Å². The Bertz CT molecular complexity index is 892. The van der Waals surface area contributed by atoms with Gasteiger partial charge in [0.05, 0.1) is 11.4 Å². The average molecular weight is 370 g/mol. The summed E-state index contributed by atoms with van der Waals surface area (Å²) in [6, 6.07) is 6.56. The summed E-state index contributed by atoms with van der Waals surface area (Å²) >= 11 is 1.49. The van der Waals surface area contributed by atoms with Crippen LogP contribution in [0.5, 0.6) is 0 Å². The Morgan fingerprint density at radius 3 is 2.73 bits per heavy atom. The number of carbonyl (C=O) groups is 3. The molecule has 2 aromatic rings. The molecule has 0 radical (unpaired) electrons. The third kappa shape index (κ3) is 3.13. The zero-order valence-corrected chi connectivity index (χ0v) is 15.1. The molecule has 1 N–H and O–H groups in total. The number of likely N-dealkylation sites (N-methyl/N-ethyl adjacent to an activating group) is 1. The maximum absolute atomic E-state index is 12.6. The largest absolute Gasteiger partial charge is 0.301 e. The quantitative estimate of drug-likeness (QED) is 0.836. The summed E-state index contributed by atoms with van der Waals surface area (Å²) in [5.74, 6) is -0.765. The van der Waals surface area contributed by atoms with Gasteiger partial charge in [0.2, 0.25) is 11.8 Å². The smallest absolute Gasteiger partial charge is 0.257 e. The van der Waals surface area contributed by atoms with Gasteiger partial charge in [-0.15, -0.1) is 11.3 Å². The number of fused-ring (bicyclic) bond motifs is 1. The summed E-state index contributed by atoms with van der Waals surface area (Å²) in [4.78, 5) is 45.4. The molecule has 134 valence electrons. The van der Waals surface area contributed by atoms with Gasteiger partial charge in [0, 0.05) is 42.8 Å². The normalized spacial score (nSPS) is 17.5. The second-order valence-electron chi connectivity index (χ2n) is 6.50. The molecule has 0 aliphatic carbocycles. The maximum Gasteiger partial charge on any atom is 0.257 e. The number of hydrogen-bond donors (Lipinski definition) is 1. The Morgan fingerprint density at radius 1 is 1.19 bits per heavy atom. The number of carbonyl (C=O) groups excluding carboxylic acids is 3. The van der Waals surface area contributed by atoms with Gasteiger partial charge in [0.15, 0.2) is 5.13 Å². The van der Waals surface area contributed by atoms with Crippen LogP contribution in [0.3, 0.4) is 0 Å². The van der Waals surface area contributed by atoms with Crippen LogP contribution in [-0.4, -0.2) is 41.2 Å². The van der Waals surface area contributed by atoms with Crippen molar-refractivity contribution in [3.8, 4) is 0 Å². The van der Waals surface area contributed by atoms with Crippen molar-refractivity contribution < 1.29 is 14.4 Å². The highest BCUT2D eigenvalue weighted by atomic mass is 32.1. The molecule has 0 unspecified atom stereocenters. The zero-order chi connectivity index (χ0) is 18.3. The highest BCUT2D eigenvalue weighted by Crippen LogP contribution is 2.28. The maximum atomic E-state index is 12.6. The van der Waals surface area contributed by atoms with Crippen molar-refractivity contribution in [2.75, 3.05) is 23.8 Å². The predicted octanol–water partition coefficient (Wildman–Crippen LogP) is 2.04. The van der Waals surface area contributed by atoms with Crippen molar-refractivity contribution in [1.29, 1.82) is 0 Å². The lowest BCUT2D eigenvalue weighted by molar-refractivity contribution is -0.121. The first-order valence-corrected chi connectivity index (χ1v) is 9.27. The van der Waals surface area contributed by atoms with Gasteiger partial charge in [-0.3, -0.25) is 24.6 Å². The van der Waals surface area contributed by atoms with Crippen molar-refractivity contribution in [2.45, 2.75) is 25.8 Å². The Balaban J connectivity index is 1.53. The number of benzene rings is 1. The highest BCUT2D eigenvalue weighted by molar-refractivity contribution is 7.15. The van der Waals surface area contributed by atoms with Gasteiger partial charge in [0.25, 0.3) is 5.91 Å². The third-order valence-corrected chi connectivity index (χ3v) is 5.56. The number of rotatable bonds is 3. The molecule has 3 heterocycles. The zero-order valence-electron chi connectivity index (χ0n) is 14.3. The van der Waals surface area contributed by atoms with Crippen molar-refractivity contribution >= 4 is 39.9 Å². The number of thiazole rings is 1. The fourth-order valence-corrected chi connectivity index (χ4v) is 4.28. The Labute approximate surface area is 154 Å². The molecule has 3 amide bonds. The molecule has 8 heteroatoms. The molecule has 1 aromatic carbocycles. The summed E-state index contributed by atoms with van der Waals surface area (Å²) in [7, 11) is 2.06. The second kappa shape index (κ2) is 6.62. The third-order valence-electron chi connectivity index (χ3n) is 4.56. The minimum Gasteiger partial charge on any atom is -0.301 e. The molecule has 0 spiro atoms. The molecular weight excluding hydrogens is 352 g/mol. The van der Waals surface area contributed by atoms with Crippen molar-refractivity contribution in [1.82, 2.24) is 9.88 Å². The number of nitrogens with one attached hydrogen (secondary N) is 1. The van der Waals surface area contributed by atoms with Gasteiger partial charge >= 0.3 is 0 Å². The molecule has 1 saturated heterocycles. The number of anilines is 2. The van der Waals surface area contributed by atoms with Crippen molar-refractivity contribution in [3.63, 3.8) is 0 Å². The van der Waals surface area contributed by atoms with Crippen LogP contribution in [0.25, 0.3) is 0 Å². The monoisotopic (exact) mass is 370 g/mol. The van der Waals surface area contributed by atoms with Crippen LogP contribution in [0.1, 0.15) is 33.8 Å². The first kappa shape index (κ1) is 16.9. The molecule has 1 fully saturated rings. The summed E-state index contributed by atoms with van der Waals surface area (Å²) in [5, 5.41) is 3.41. The van der Waals surface area contributed by atoms with Crippen LogP contribution in [0.15, 0.2) is 24.3 Å². The number of nitrogens with zero attached hydrogens (tertiary/aromatic N) is 3. The molecule has 1 aromatic heterocycles. The van der Waals surface area contributed by atoms with E-state index in [4.69, 9.17) is 0 Å². The number of aromatic nitrogens is 1. The Morgan fingerprint density at radius 2 is 1.96 bits per heavy atom. The summed E-state index contributed by atoms with van der Waals surface area (Å²) in [6.45, 7) is 1.81. The number of amides is 3. The van der Waals surface area contributed by atoms with Gasteiger partial charge in [-0.2, -0.15) is 0 Å². The van der Waals surface area contributed by atoms with Gasteiger partial charge < -0.3 is 4.90 Å². The Kier molecular flexibility index (Phi) is 4.29. The van der Waals surface area contributed by atoms with Crippen molar-refractivity contribution in [3.05, 3.63) is 40.4 Å². The lowest BCUT2D eigenvalue weighted by atomic mass is 10.1. The second-order valence-corrected chi connectivity index (χ2v) is 7.59. The molecule has 4 rings (SSSR count). The van der Waals surface area contributed by atoms with Crippen LogP contribution in [0.2, 0.25) is 0 Å². The molecule has 0 bridgehead atoms. The summed E-state index contributed by atoms with van der Waals surface area (Å²) < 4.78 is 0. The lowest BCUT2D eigenvalue weighted by Crippen LogP contribution is -2.28. The van der Waals surface area contributed by atoms with Gasteiger partial charge in [-0.05, 0) is 25.2 Å². The van der Waals surface area contributed by atoms with E-state index in [9.17, 15) is 14.4 Å². The van der Waals surface area contributed by atoms with E-state index in [0.717, 1.165) is 30.1 Å².